The Morgan fingerprint density at radius 2 is 2.00 bits per heavy atom. The number of amides is 2. The van der Waals surface area contributed by atoms with Crippen molar-refractivity contribution in [2.45, 2.75) is 76.3 Å². The highest BCUT2D eigenvalue weighted by Crippen LogP contribution is 2.55. The van der Waals surface area contributed by atoms with Gasteiger partial charge < -0.3 is 14.5 Å². The molecule has 4 heterocycles. The predicted octanol–water partition coefficient (Wildman–Crippen LogP) is 3.49. The summed E-state index contributed by atoms with van der Waals surface area (Å²) in [7, 11) is 0. The van der Waals surface area contributed by atoms with Crippen LogP contribution in [0.1, 0.15) is 50.3 Å². The Labute approximate surface area is 194 Å². The molecule has 1 spiro atoms. The van der Waals surface area contributed by atoms with E-state index >= 15 is 0 Å². The maximum atomic E-state index is 13.7. The first-order valence-corrected chi connectivity index (χ1v) is 11.7. The third-order valence-electron chi connectivity index (χ3n) is 8.41. The van der Waals surface area contributed by atoms with Crippen LogP contribution in [0.5, 0.6) is 0 Å². The van der Waals surface area contributed by atoms with E-state index in [1.165, 1.54) is 6.20 Å². The van der Waals surface area contributed by atoms with Crippen LogP contribution in [0.25, 0.3) is 0 Å². The number of halogens is 3. The highest BCUT2D eigenvalue weighted by molar-refractivity contribution is 5.87. The first-order chi connectivity index (χ1) is 16.2. The van der Waals surface area contributed by atoms with Crippen LogP contribution >= 0.6 is 0 Å². The van der Waals surface area contributed by atoms with E-state index in [0.29, 0.717) is 51.9 Å². The maximum absolute atomic E-state index is 13.7. The van der Waals surface area contributed by atoms with Crippen LogP contribution in [0.4, 0.5) is 18.9 Å². The van der Waals surface area contributed by atoms with Crippen LogP contribution in [0.3, 0.4) is 0 Å². The molecule has 2 amide bonds. The van der Waals surface area contributed by atoms with Crippen molar-refractivity contribution < 1.29 is 27.5 Å². The highest BCUT2D eigenvalue weighted by Gasteiger charge is 2.62. The van der Waals surface area contributed by atoms with Crippen molar-refractivity contribution in [3.63, 3.8) is 0 Å². The normalized spacial score (nSPS) is 31.5. The predicted molar refractivity (Wildman–Crippen MR) is 114 cm³/mol. The standard InChI is InChI=1S/C23H27F3N4O4/c1-13-19-9-18-14(8-15(28-33)11-27-18)12-29(19)20(31)22(13)5-2-17(10-22)30(21(32)23(24,25)26)16-3-6-34-7-4-16/h8,11,13,16-17,19H,2-7,9-10,12H2,1H3/t13?,17-,19?,22+/m1/s1. The Balaban J connectivity index is 1.41. The smallest absolute Gasteiger partial charge is 0.381 e. The molecule has 1 saturated carbocycles. The van der Waals surface area contributed by atoms with Gasteiger partial charge in [-0.1, -0.05) is 6.92 Å². The number of pyridine rings is 1. The number of carbonyl (C=O) groups is 2. The molecular weight excluding hydrogens is 453 g/mol. The number of carbonyl (C=O) groups excluding carboxylic acids is 2. The molecule has 4 atom stereocenters. The fourth-order valence-corrected chi connectivity index (χ4v) is 6.66. The van der Waals surface area contributed by atoms with Crippen molar-refractivity contribution in [3.05, 3.63) is 28.4 Å². The second-order valence-electron chi connectivity index (χ2n) is 9.99. The van der Waals surface area contributed by atoms with Crippen LogP contribution in [0.15, 0.2) is 17.4 Å². The molecule has 0 aromatic carbocycles. The molecular formula is C23H27F3N4O4. The summed E-state index contributed by atoms with van der Waals surface area (Å²) in [6.45, 7) is 2.93. The van der Waals surface area contributed by atoms with E-state index < -0.39 is 29.6 Å². The number of alkyl halides is 3. The minimum Gasteiger partial charge on any atom is -0.381 e. The average Bonchev–Trinajstić information content (AvgIpc) is 3.35. The molecule has 8 nitrogen and oxygen atoms in total. The Morgan fingerprint density at radius 1 is 1.26 bits per heavy atom. The van der Waals surface area contributed by atoms with Gasteiger partial charge in [-0.15, -0.1) is 4.91 Å². The molecule has 0 N–H and O–H groups in total. The quantitative estimate of drug-likeness (QED) is 0.618. The molecule has 2 unspecified atom stereocenters. The molecule has 11 heteroatoms. The van der Waals surface area contributed by atoms with Gasteiger partial charge in [0.05, 0.1) is 11.6 Å². The van der Waals surface area contributed by atoms with Gasteiger partial charge >= 0.3 is 12.1 Å². The maximum Gasteiger partial charge on any atom is 0.471 e. The van der Waals surface area contributed by atoms with Gasteiger partial charge in [0.2, 0.25) is 5.91 Å². The lowest BCUT2D eigenvalue weighted by atomic mass is 9.73. The molecule has 3 fully saturated rings. The number of nitroso groups, excluding NO2 is 1. The zero-order valence-electron chi connectivity index (χ0n) is 18.9. The van der Waals surface area contributed by atoms with Crippen LogP contribution < -0.4 is 0 Å². The minimum atomic E-state index is -4.96. The van der Waals surface area contributed by atoms with Gasteiger partial charge in [0, 0.05) is 50.0 Å². The average molecular weight is 480 g/mol. The van der Waals surface area contributed by atoms with Crippen molar-refractivity contribution in [1.82, 2.24) is 14.8 Å². The van der Waals surface area contributed by atoms with E-state index in [9.17, 15) is 27.7 Å². The van der Waals surface area contributed by atoms with Crippen molar-refractivity contribution >= 4 is 17.5 Å². The molecule has 34 heavy (non-hydrogen) atoms. The van der Waals surface area contributed by atoms with Crippen LogP contribution in [0, 0.1) is 16.2 Å². The van der Waals surface area contributed by atoms with Gasteiger partial charge in [-0.3, -0.25) is 14.6 Å². The van der Waals surface area contributed by atoms with Crippen molar-refractivity contribution in [2.75, 3.05) is 13.2 Å². The summed E-state index contributed by atoms with van der Waals surface area (Å²) in [6, 6.07) is 0.341. The van der Waals surface area contributed by atoms with Gasteiger partial charge in [0.15, 0.2) is 0 Å². The molecule has 1 aliphatic carbocycles. The van der Waals surface area contributed by atoms with E-state index in [4.69, 9.17) is 4.74 Å². The molecule has 4 aliphatic rings. The van der Waals surface area contributed by atoms with Crippen LogP contribution in [-0.4, -0.2) is 64.1 Å². The topological polar surface area (TPSA) is 92.2 Å². The van der Waals surface area contributed by atoms with Crippen LogP contribution in [-0.2, 0) is 27.3 Å². The number of aromatic nitrogens is 1. The fraction of sp³-hybridized carbons (Fsp3) is 0.696. The monoisotopic (exact) mass is 480 g/mol. The summed E-state index contributed by atoms with van der Waals surface area (Å²) in [5.41, 5.74) is 0.983. The largest absolute Gasteiger partial charge is 0.471 e. The van der Waals surface area contributed by atoms with Crippen molar-refractivity contribution in [1.29, 1.82) is 0 Å². The Hall–Kier alpha value is -2.56. The summed E-state index contributed by atoms with van der Waals surface area (Å²) in [4.78, 5) is 44.3. The van der Waals surface area contributed by atoms with Gasteiger partial charge in [-0.2, -0.15) is 13.2 Å². The molecule has 1 aromatic heterocycles. The van der Waals surface area contributed by atoms with Crippen molar-refractivity contribution in [2.24, 2.45) is 16.5 Å². The Bertz CT molecular complexity index is 1010. The molecule has 5 rings (SSSR count). The van der Waals surface area contributed by atoms with E-state index in [1.807, 2.05) is 6.92 Å². The number of nitrogens with zero attached hydrogens (tertiary/aromatic N) is 4. The molecule has 3 aliphatic heterocycles. The van der Waals surface area contributed by atoms with Gasteiger partial charge in [-0.25, -0.2) is 0 Å². The number of hydrogen-bond acceptors (Lipinski definition) is 6. The van der Waals surface area contributed by atoms with Crippen molar-refractivity contribution in [3.8, 4) is 0 Å². The second-order valence-corrected chi connectivity index (χ2v) is 9.99. The first kappa shape index (κ1) is 23.2. The lowest BCUT2D eigenvalue weighted by Crippen LogP contribution is -2.53. The fourth-order valence-electron chi connectivity index (χ4n) is 6.66. The van der Waals surface area contributed by atoms with E-state index in [2.05, 4.69) is 10.2 Å². The minimum absolute atomic E-state index is 0.0750. The molecule has 0 radical (unpaired) electrons. The summed E-state index contributed by atoms with van der Waals surface area (Å²) in [6.07, 6.45) is -1.27. The van der Waals surface area contributed by atoms with Gasteiger partial charge in [0.1, 0.15) is 5.69 Å². The zero-order chi connectivity index (χ0) is 24.3. The van der Waals surface area contributed by atoms with E-state index in [0.717, 1.165) is 16.2 Å². The SMILES string of the molecule is CC1C2Cc3ncc(N=O)cc3CN2C(=O)[C@]12CC[C@@H](N(C(=O)C(F)(F)F)C1CCOCC1)C2. The summed E-state index contributed by atoms with van der Waals surface area (Å²) < 4.78 is 46.0. The number of fused-ring (bicyclic) bond motifs is 2. The van der Waals surface area contributed by atoms with Crippen LogP contribution in [0.2, 0.25) is 0 Å². The zero-order valence-corrected chi connectivity index (χ0v) is 18.9. The molecule has 2 saturated heterocycles. The number of ether oxygens (including phenoxy) is 1. The molecule has 184 valence electrons. The Kier molecular flexibility index (Phi) is 5.65. The lowest BCUT2D eigenvalue weighted by molar-refractivity contribution is -0.192. The first-order valence-electron chi connectivity index (χ1n) is 11.7. The summed E-state index contributed by atoms with van der Waals surface area (Å²) in [5.74, 6) is -1.99. The number of rotatable bonds is 3. The van der Waals surface area contributed by atoms with E-state index in [1.54, 1.807) is 11.0 Å². The third-order valence-corrected chi connectivity index (χ3v) is 8.41. The van der Waals surface area contributed by atoms with Gasteiger partial charge in [0.25, 0.3) is 0 Å². The second kappa shape index (κ2) is 8.28. The third kappa shape index (κ3) is 3.59. The van der Waals surface area contributed by atoms with Gasteiger partial charge in [-0.05, 0) is 54.8 Å². The molecule has 0 bridgehead atoms. The summed E-state index contributed by atoms with van der Waals surface area (Å²) >= 11 is 0. The molecule has 1 aromatic rings. The Morgan fingerprint density at radius 3 is 2.68 bits per heavy atom. The number of hydrogen-bond donors (Lipinski definition) is 0. The summed E-state index contributed by atoms with van der Waals surface area (Å²) in [5, 5.41) is 2.92. The highest BCUT2D eigenvalue weighted by atomic mass is 19.4. The lowest BCUT2D eigenvalue weighted by Gasteiger charge is -2.39. The van der Waals surface area contributed by atoms with E-state index in [-0.39, 0.29) is 30.0 Å².